The molecule has 0 bridgehead atoms. The Morgan fingerprint density at radius 2 is 0.312 bits per heavy atom. The molecule has 0 spiro atoms. The summed E-state index contributed by atoms with van der Waals surface area (Å²) in [5.41, 5.74) is 0. The third kappa shape index (κ3) is 107. The third-order valence-electron chi connectivity index (χ3n) is 0.386. The van der Waals surface area contributed by atoms with E-state index in [1.165, 1.54) is 0 Å². The van der Waals surface area contributed by atoms with Crippen molar-refractivity contribution in [2.75, 3.05) is 0 Å². The van der Waals surface area contributed by atoms with Crippen LogP contribution in [0.1, 0.15) is 0 Å². The Morgan fingerprint density at radius 3 is 0.312 bits per heavy atom. The first-order valence-electron chi connectivity index (χ1n) is 3.92. The average Bonchev–Trinajstić information content (AvgIpc) is 2.54. The zero-order chi connectivity index (χ0) is 26.0. The molecule has 0 radical (unpaired) electrons. The molecule has 190 valence electrons. The van der Waals surface area contributed by atoms with Crippen LogP contribution in [0.2, 0.25) is 0 Å². The molecule has 32 heteroatoms. The van der Waals surface area contributed by atoms with Gasteiger partial charge in [-0.25, -0.2) is 0 Å². The molecule has 0 aromatic rings. The maximum atomic E-state index is 8.88. The van der Waals surface area contributed by atoms with Crippen molar-refractivity contribution >= 4 is 40.4 Å². The second-order valence-corrected chi connectivity index (χ2v) is 6.61. The molecule has 0 fully saturated rings. The number of hydrogen-bond donors (Lipinski definition) is 0. The van der Waals surface area contributed by atoms with E-state index in [4.69, 9.17) is 96.2 Å². The van der Waals surface area contributed by atoms with Crippen LogP contribution in [0.4, 0.5) is 0 Å². The Balaban J connectivity index is -0.0000000481. The summed E-state index contributed by atoms with van der Waals surface area (Å²) < 4.78 is 144. The topological polar surface area (TPSA) is 507 Å². The molecule has 0 heterocycles. The summed E-state index contributed by atoms with van der Waals surface area (Å²) in [5, 5.41) is 42.7. The van der Waals surface area contributed by atoms with Crippen LogP contribution >= 0.6 is 0 Å². The first-order chi connectivity index (χ1) is 12.8. The predicted octanol–water partition coefficient (Wildman–Crippen LogP) is -24.9. The van der Waals surface area contributed by atoms with Crippen molar-refractivity contribution in [2.45, 2.75) is 0 Å². The van der Waals surface area contributed by atoms with Gasteiger partial charge in [0.2, 0.25) is 0 Å². The zero-order valence-electron chi connectivity index (χ0n) is 13.4. The summed E-state index contributed by atoms with van der Waals surface area (Å²) in [6.07, 6.45) is 0. The second kappa shape index (κ2) is 24.4. The summed E-state index contributed by atoms with van der Waals surface area (Å²) in [6, 6.07) is 0. The molecule has 0 rings (SSSR count). The van der Waals surface area contributed by atoms with Crippen molar-refractivity contribution in [1.82, 2.24) is 0 Å². The second-order valence-electron chi connectivity index (χ2n) is 2.20. The molecule has 0 aliphatic carbocycles. The minimum Gasteiger partial charge on any atom is -0.577 e. The van der Waals surface area contributed by atoms with Gasteiger partial charge < -0.3 is 26.3 Å². The Labute approximate surface area is 209 Å². The molecule has 0 aliphatic heterocycles. The normalized spacial score (nSPS) is 11.2. The van der Waals surface area contributed by atoms with Gasteiger partial charge in [-0.15, -0.1) is 0 Å². The molecule has 32 heavy (non-hydrogen) atoms. The van der Waals surface area contributed by atoms with E-state index >= 15 is 0 Å². The van der Waals surface area contributed by atoms with Crippen molar-refractivity contribution < 1.29 is 170 Å². The molecule has 0 aromatic carbocycles. The minimum absolute atomic E-state index is 0. The van der Waals surface area contributed by atoms with Crippen LogP contribution < -0.4 is 96.2 Å². The maximum Gasteiger partial charge on any atom is 3.00 e. The van der Waals surface area contributed by atoms with E-state index in [0.717, 1.165) is 0 Å². The quantitative estimate of drug-likeness (QED) is 0.155. The molecule has 0 N–H and O–H groups in total. The van der Waals surface area contributed by atoms with Gasteiger partial charge in [0, 0.05) is 0 Å². The monoisotopic (exact) mass is 626 g/mol. The van der Waals surface area contributed by atoms with E-state index in [1.54, 1.807) is 0 Å². The fraction of sp³-hybridized carbons (Fsp3) is 0. The Hall–Kier alpha value is 1.75. The van der Waals surface area contributed by atoms with Crippen LogP contribution in [0.5, 0.6) is 0 Å². The van der Waals surface area contributed by atoms with E-state index in [9.17, 15) is 0 Å². The Kier molecular flexibility index (Phi) is 38.6. The van der Waals surface area contributed by atoms with Crippen molar-refractivity contribution in [3.63, 3.8) is 0 Å². The van der Waals surface area contributed by atoms with Crippen LogP contribution in [0.25, 0.3) is 0 Å². The van der Waals surface area contributed by atoms with Gasteiger partial charge in [-0.3, -0.25) is 0 Å². The smallest absolute Gasteiger partial charge is 0.577 e. The molecule has 0 atom stereocenters. The van der Waals surface area contributed by atoms with Gasteiger partial charge in [-0.1, -0.05) is 0 Å². The molecule has 0 saturated heterocycles. The van der Waals surface area contributed by atoms with Crippen LogP contribution in [0, 0.1) is 51.2 Å². The van der Waals surface area contributed by atoms with Crippen LogP contribution in [0.3, 0.4) is 0 Å². The fourth-order valence-corrected chi connectivity index (χ4v) is 0. The molecule has 0 unspecified atom stereocenters. The van der Waals surface area contributed by atoms with Gasteiger partial charge in [0.1, 0.15) is 0 Å². The van der Waals surface area contributed by atoms with Crippen LogP contribution in [-0.4, -0.2) is 40.4 Å². The molecular weight excluding hydrogens is 629 g/mol. The first-order valence-corrected chi connectivity index (χ1v) is 10.1. The summed E-state index contributed by atoms with van der Waals surface area (Å²) in [7, 11) is -23.7. The average molecular weight is 629 g/mol. The van der Waals surface area contributed by atoms with E-state index < -0.39 is 51.2 Å². The third-order valence-corrected chi connectivity index (χ3v) is 1.16. The largest absolute Gasteiger partial charge is 3.00 e. The van der Waals surface area contributed by atoms with Gasteiger partial charge in [0.25, 0.3) is 0 Å². The van der Waals surface area contributed by atoms with Gasteiger partial charge in [0.05, 0.1) is 73.4 Å². The predicted molar refractivity (Wildman–Crippen MR) is 16.9 cm³/mol. The molecule has 25 nitrogen and oxygen atoms in total. The maximum absolute atomic E-state index is 8.88. The van der Waals surface area contributed by atoms with Crippen LogP contribution in [0.15, 0.2) is 0 Å². The molecule has 0 amide bonds. The van der Waals surface area contributed by atoms with E-state index in [1.807, 2.05) is 0 Å². The van der Waals surface area contributed by atoms with Crippen molar-refractivity contribution in [1.29, 1.82) is 0 Å². The van der Waals surface area contributed by atoms with Crippen molar-refractivity contribution in [2.24, 2.45) is 0 Å². The molecule has 0 saturated carbocycles. The number of halogens is 5. The van der Waals surface area contributed by atoms with E-state index in [-0.39, 0.29) is 40.4 Å². The minimum atomic E-state index is -4.73. The van der Waals surface area contributed by atoms with E-state index in [2.05, 4.69) is 22.2 Å². The van der Waals surface area contributed by atoms with Crippen molar-refractivity contribution in [3.8, 4) is 0 Å². The summed E-state index contributed by atoms with van der Waals surface area (Å²) in [6.45, 7) is 0. The summed E-state index contributed by atoms with van der Waals surface area (Å²) in [5.74, 6) is 0. The first kappa shape index (κ1) is 50.6. The standard InChI is InChI=1S/Al.5ClHO5.Mg/c;5*2-1(3,4)6-5;/h;5*5H;/q+3;;;;;;+2/p-5. The number of rotatable bonds is 5. The Morgan fingerprint density at radius 1 is 0.281 bits per heavy atom. The SMILES string of the molecule is [Al+3].[Mg+2].[O-]O[Cl+3]([O-])([O-])[O-].[O-]O[Cl+3]([O-])([O-])[O-].[O-]O[Cl+3]([O-])([O-])[O-].[O-]O[Cl+3]([O-])([O-])[O-].[O-]O[Cl+3]([O-])([O-])[O-]. The van der Waals surface area contributed by atoms with Gasteiger partial charge in [-0.2, -0.15) is 69.9 Å². The molecule has 0 aliphatic rings. The Bertz CT molecular complexity index is 263. The summed E-state index contributed by atoms with van der Waals surface area (Å²) in [4.78, 5) is 0. The van der Waals surface area contributed by atoms with Gasteiger partial charge >= 0.3 is 40.4 Å². The van der Waals surface area contributed by atoms with Gasteiger partial charge in [0.15, 0.2) is 0 Å². The van der Waals surface area contributed by atoms with Gasteiger partial charge in [-0.05, 0) is 0 Å². The number of hydrogen-bond acceptors (Lipinski definition) is 25. The molecule has 0 aromatic heterocycles. The summed E-state index contributed by atoms with van der Waals surface area (Å²) >= 11 is 0. The van der Waals surface area contributed by atoms with Crippen LogP contribution in [-0.2, 0) is 22.2 Å². The zero-order valence-corrected chi connectivity index (χ0v) is 19.7. The fourth-order valence-electron chi connectivity index (χ4n) is 0. The van der Waals surface area contributed by atoms with E-state index in [0.29, 0.717) is 0 Å². The molecular formula is AlCl5MgO25. The van der Waals surface area contributed by atoms with Crippen molar-refractivity contribution in [3.05, 3.63) is 0 Å².